The molecule has 6 rings (SSSR count). The highest BCUT2D eigenvalue weighted by Crippen LogP contribution is 2.37. The number of piperidine rings is 1. The number of amides is 4. The lowest BCUT2D eigenvalue weighted by atomic mass is 9.78. The van der Waals surface area contributed by atoms with Crippen molar-refractivity contribution in [2.45, 2.75) is 50.6 Å². The van der Waals surface area contributed by atoms with Crippen LogP contribution in [-0.2, 0) is 28.9 Å². The van der Waals surface area contributed by atoms with Crippen LogP contribution in [0.15, 0.2) is 42.5 Å². The molecule has 0 spiro atoms. The summed E-state index contributed by atoms with van der Waals surface area (Å²) in [4.78, 5) is 42.8. The van der Waals surface area contributed by atoms with Gasteiger partial charge in [-0.3, -0.25) is 14.5 Å². The van der Waals surface area contributed by atoms with Gasteiger partial charge in [-0.1, -0.05) is 30.3 Å². The minimum absolute atomic E-state index is 0.0117. The third kappa shape index (κ3) is 3.72. The predicted octanol–water partition coefficient (Wildman–Crippen LogP) is 2.67. The van der Waals surface area contributed by atoms with Crippen molar-refractivity contribution in [1.29, 1.82) is 0 Å². The van der Waals surface area contributed by atoms with E-state index in [0.29, 0.717) is 56.7 Å². The molecule has 182 valence electrons. The molecule has 2 aromatic carbocycles. The molecule has 4 amide bonds. The zero-order valence-electron chi connectivity index (χ0n) is 19.8. The number of hydrogen-bond donors (Lipinski definition) is 1. The van der Waals surface area contributed by atoms with Crippen molar-refractivity contribution < 1.29 is 23.9 Å². The molecule has 2 saturated heterocycles. The van der Waals surface area contributed by atoms with Gasteiger partial charge in [-0.25, -0.2) is 4.79 Å². The topological polar surface area (TPSA) is 88.2 Å². The fourth-order valence-corrected chi connectivity index (χ4v) is 6.05. The number of likely N-dealkylation sites (tertiary alicyclic amines) is 1. The zero-order valence-corrected chi connectivity index (χ0v) is 19.8. The smallest absolute Gasteiger partial charge is 0.325 e. The number of nitrogens with zero attached hydrogens (tertiary/aromatic N) is 2. The molecule has 2 fully saturated rings. The maximum absolute atomic E-state index is 13.6. The summed E-state index contributed by atoms with van der Waals surface area (Å²) in [6.07, 6.45) is 3.06. The summed E-state index contributed by atoms with van der Waals surface area (Å²) >= 11 is 0. The van der Waals surface area contributed by atoms with Crippen LogP contribution in [0.25, 0.3) is 0 Å². The average molecular weight is 476 g/mol. The Morgan fingerprint density at radius 2 is 1.71 bits per heavy atom. The van der Waals surface area contributed by atoms with Crippen LogP contribution in [0.2, 0.25) is 0 Å². The number of urea groups is 1. The van der Waals surface area contributed by atoms with Crippen LogP contribution in [0.4, 0.5) is 4.79 Å². The summed E-state index contributed by atoms with van der Waals surface area (Å²) < 4.78 is 10.8. The maximum Gasteiger partial charge on any atom is 0.325 e. The molecular formula is C27H29N3O5. The summed E-state index contributed by atoms with van der Waals surface area (Å²) in [6, 6.07) is 13.3. The number of imide groups is 1. The molecule has 0 aromatic heterocycles. The lowest BCUT2D eigenvalue weighted by molar-refractivity contribution is -0.136. The van der Waals surface area contributed by atoms with E-state index in [1.165, 1.54) is 16.0 Å². The Balaban J connectivity index is 1.08. The summed E-state index contributed by atoms with van der Waals surface area (Å²) in [5.74, 6) is 1.29. The molecule has 1 atom stereocenters. The Labute approximate surface area is 204 Å². The summed E-state index contributed by atoms with van der Waals surface area (Å²) in [6.45, 7) is 3.20. The highest BCUT2D eigenvalue weighted by atomic mass is 16.7. The van der Waals surface area contributed by atoms with Crippen molar-refractivity contribution in [3.63, 3.8) is 0 Å². The number of ether oxygens (including phenoxy) is 2. The second-order valence-corrected chi connectivity index (χ2v) is 10.2. The van der Waals surface area contributed by atoms with Gasteiger partial charge in [0.1, 0.15) is 5.54 Å². The van der Waals surface area contributed by atoms with Gasteiger partial charge < -0.3 is 19.7 Å². The van der Waals surface area contributed by atoms with Crippen LogP contribution >= 0.6 is 0 Å². The standard InChI is InChI=1S/C27H29N3O5/c1-27(25(32)30(26(33)28-27)21-14-18-4-2-3-5-19(18)15-21)20-8-10-29(11-9-20)24(31)13-17-6-7-22-23(12-17)35-16-34-22/h2-7,12,20-21H,8-11,13-16H2,1H3,(H,28,33). The van der Waals surface area contributed by atoms with E-state index in [-0.39, 0.29) is 36.6 Å². The number of rotatable bonds is 4. The van der Waals surface area contributed by atoms with Gasteiger partial charge in [-0.05, 0) is 67.3 Å². The molecule has 1 aliphatic carbocycles. The molecule has 1 N–H and O–H groups in total. The van der Waals surface area contributed by atoms with Crippen LogP contribution < -0.4 is 14.8 Å². The second-order valence-electron chi connectivity index (χ2n) is 10.2. The largest absolute Gasteiger partial charge is 0.454 e. The van der Waals surface area contributed by atoms with Gasteiger partial charge in [0.05, 0.1) is 6.42 Å². The number of hydrogen-bond acceptors (Lipinski definition) is 5. The molecule has 0 bridgehead atoms. The third-order valence-corrected chi connectivity index (χ3v) is 8.10. The van der Waals surface area contributed by atoms with E-state index in [2.05, 4.69) is 17.4 Å². The van der Waals surface area contributed by atoms with E-state index in [1.807, 2.05) is 42.2 Å². The average Bonchev–Trinajstić information content (AvgIpc) is 3.55. The van der Waals surface area contributed by atoms with Crippen LogP contribution in [0.1, 0.15) is 36.5 Å². The van der Waals surface area contributed by atoms with E-state index in [4.69, 9.17) is 9.47 Å². The van der Waals surface area contributed by atoms with Gasteiger partial charge in [0.15, 0.2) is 11.5 Å². The lowest BCUT2D eigenvalue weighted by Crippen LogP contribution is -2.55. The monoisotopic (exact) mass is 475 g/mol. The van der Waals surface area contributed by atoms with Gasteiger partial charge in [-0.15, -0.1) is 0 Å². The van der Waals surface area contributed by atoms with Crippen LogP contribution in [0.5, 0.6) is 11.5 Å². The van der Waals surface area contributed by atoms with Gasteiger partial charge in [-0.2, -0.15) is 0 Å². The molecule has 3 aliphatic heterocycles. The Morgan fingerprint density at radius 1 is 1.03 bits per heavy atom. The minimum atomic E-state index is -0.932. The van der Waals surface area contributed by atoms with Crippen molar-refractivity contribution >= 4 is 17.8 Å². The number of carbonyl (C=O) groups is 3. The highest BCUT2D eigenvalue weighted by molar-refractivity contribution is 6.07. The number of carbonyl (C=O) groups excluding carboxylic acids is 3. The molecule has 1 unspecified atom stereocenters. The van der Waals surface area contributed by atoms with Crippen molar-refractivity contribution in [2.75, 3.05) is 19.9 Å². The third-order valence-electron chi connectivity index (χ3n) is 8.10. The molecule has 2 aromatic rings. The maximum atomic E-state index is 13.6. The number of fused-ring (bicyclic) bond motifs is 2. The van der Waals surface area contributed by atoms with E-state index >= 15 is 0 Å². The van der Waals surface area contributed by atoms with Crippen molar-refractivity contribution in [3.05, 3.63) is 59.2 Å². The second kappa shape index (κ2) is 8.29. The van der Waals surface area contributed by atoms with E-state index < -0.39 is 5.54 Å². The van der Waals surface area contributed by atoms with Gasteiger partial charge in [0, 0.05) is 19.1 Å². The first-order chi connectivity index (χ1) is 16.9. The Kier molecular flexibility index (Phi) is 5.20. The Bertz CT molecular complexity index is 1180. The fourth-order valence-electron chi connectivity index (χ4n) is 6.05. The van der Waals surface area contributed by atoms with Gasteiger partial charge in [0.25, 0.3) is 5.91 Å². The molecule has 8 heteroatoms. The Morgan fingerprint density at radius 3 is 2.43 bits per heavy atom. The van der Waals surface area contributed by atoms with Crippen molar-refractivity contribution in [1.82, 2.24) is 15.1 Å². The lowest BCUT2D eigenvalue weighted by Gasteiger charge is -2.39. The fraction of sp³-hybridized carbons (Fsp3) is 0.444. The molecule has 0 radical (unpaired) electrons. The number of benzene rings is 2. The normalized spacial score (nSPS) is 24.1. The van der Waals surface area contributed by atoms with Gasteiger partial charge >= 0.3 is 6.03 Å². The summed E-state index contributed by atoms with van der Waals surface area (Å²) in [5, 5.41) is 3.02. The van der Waals surface area contributed by atoms with E-state index in [0.717, 1.165) is 5.56 Å². The SMILES string of the molecule is CC1(C2CCN(C(=O)Cc3ccc4c(c3)OCO4)CC2)NC(=O)N(C2Cc3ccccc3C2)C1=O. The molecule has 4 aliphatic rings. The molecule has 8 nitrogen and oxygen atoms in total. The van der Waals surface area contributed by atoms with Crippen LogP contribution in [-0.4, -0.2) is 59.1 Å². The molecule has 35 heavy (non-hydrogen) atoms. The highest BCUT2D eigenvalue weighted by Gasteiger charge is 2.55. The van der Waals surface area contributed by atoms with Crippen LogP contribution in [0.3, 0.4) is 0 Å². The van der Waals surface area contributed by atoms with Crippen molar-refractivity contribution in [2.24, 2.45) is 5.92 Å². The predicted molar refractivity (Wildman–Crippen MR) is 127 cm³/mol. The quantitative estimate of drug-likeness (QED) is 0.687. The summed E-state index contributed by atoms with van der Waals surface area (Å²) in [7, 11) is 0. The zero-order chi connectivity index (χ0) is 24.2. The first-order valence-electron chi connectivity index (χ1n) is 12.3. The molecule has 3 heterocycles. The minimum Gasteiger partial charge on any atom is -0.454 e. The molecule has 0 saturated carbocycles. The Hall–Kier alpha value is -3.55. The first-order valence-corrected chi connectivity index (χ1v) is 12.3. The first kappa shape index (κ1) is 21.9. The van der Waals surface area contributed by atoms with Crippen LogP contribution in [0, 0.1) is 5.92 Å². The van der Waals surface area contributed by atoms with E-state index in [9.17, 15) is 14.4 Å². The molecular weight excluding hydrogens is 446 g/mol. The summed E-state index contributed by atoms with van der Waals surface area (Å²) in [5.41, 5.74) is 2.37. The van der Waals surface area contributed by atoms with Gasteiger partial charge in [0.2, 0.25) is 12.7 Å². The van der Waals surface area contributed by atoms with Crippen molar-refractivity contribution in [3.8, 4) is 11.5 Å². The van der Waals surface area contributed by atoms with E-state index in [1.54, 1.807) is 0 Å². The number of nitrogens with one attached hydrogen (secondary N) is 1.